The Bertz CT molecular complexity index is 1120. The number of hydrogen-bond acceptors (Lipinski definition) is 0. The van der Waals surface area contributed by atoms with Gasteiger partial charge in [-0.2, -0.15) is 0 Å². The molecule has 0 aliphatic heterocycles. The fourth-order valence-electron chi connectivity index (χ4n) is 4.68. The SMILES string of the molecule is C=CC1=C(/C(=C\C)c2cc(C)cc3ccccc23)C(C)(C)c2ccccc21. The van der Waals surface area contributed by atoms with E-state index in [-0.39, 0.29) is 5.41 Å². The molecule has 0 spiro atoms. The van der Waals surface area contributed by atoms with Crippen molar-refractivity contribution in [3.05, 3.63) is 107 Å². The highest BCUT2D eigenvalue weighted by atomic mass is 14.4. The van der Waals surface area contributed by atoms with E-state index in [9.17, 15) is 0 Å². The second kappa shape index (κ2) is 6.39. The van der Waals surface area contributed by atoms with Crippen LogP contribution in [0.2, 0.25) is 0 Å². The molecule has 134 valence electrons. The molecule has 0 saturated carbocycles. The molecular weight excluding hydrogens is 324 g/mol. The van der Waals surface area contributed by atoms with Gasteiger partial charge in [-0.15, -0.1) is 0 Å². The first-order valence-electron chi connectivity index (χ1n) is 9.62. The summed E-state index contributed by atoms with van der Waals surface area (Å²) in [6.45, 7) is 13.2. The summed E-state index contributed by atoms with van der Waals surface area (Å²) in [5.74, 6) is 0. The molecule has 0 heteroatoms. The monoisotopic (exact) mass is 350 g/mol. The Morgan fingerprint density at radius 1 is 0.963 bits per heavy atom. The Kier molecular flexibility index (Phi) is 4.15. The quantitative estimate of drug-likeness (QED) is 0.459. The van der Waals surface area contributed by atoms with Crippen LogP contribution in [0, 0.1) is 6.92 Å². The molecule has 0 unspecified atom stereocenters. The molecule has 1 aliphatic carbocycles. The van der Waals surface area contributed by atoms with Crippen LogP contribution >= 0.6 is 0 Å². The second-order valence-corrected chi connectivity index (χ2v) is 7.90. The fourth-order valence-corrected chi connectivity index (χ4v) is 4.68. The van der Waals surface area contributed by atoms with E-state index in [0.717, 1.165) is 0 Å². The minimum atomic E-state index is -0.0627. The highest BCUT2D eigenvalue weighted by molar-refractivity contribution is 6.05. The van der Waals surface area contributed by atoms with Gasteiger partial charge in [0.1, 0.15) is 0 Å². The van der Waals surface area contributed by atoms with Gasteiger partial charge < -0.3 is 0 Å². The maximum absolute atomic E-state index is 4.16. The van der Waals surface area contributed by atoms with Crippen molar-refractivity contribution in [2.24, 2.45) is 0 Å². The molecule has 3 aromatic carbocycles. The minimum Gasteiger partial charge on any atom is -0.0984 e. The van der Waals surface area contributed by atoms with Crippen molar-refractivity contribution in [3.63, 3.8) is 0 Å². The van der Waals surface area contributed by atoms with Crippen molar-refractivity contribution in [2.75, 3.05) is 0 Å². The van der Waals surface area contributed by atoms with Crippen LogP contribution in [0.4, 0.5) is 0 Å². The van der Waals surface area contributed by atoms with Crippen LogP contribution in [-0.4, -0.2) is 0 Å². The van der Waals surface area contributed by atoms with E-state index in [1.165, 1.54) is 49.7 Å². The molecule has 0 heterocycles. The van der Waals surface area contributed by atoms with Crippen molar-refractivity contribution < 1.29 is 0 Å². The van der Waals surface area contributed by atoms with Gasteiger partial charge in [-0.3, -0.25) is 0 Å². The summed E-state index contributed by atoms with van der Waals surface area (Å²) in [4.78, 5) is 0. The summed E-state index contributed by atoms with van der Waals surface area (Å²) in [7, 11) is 0. The van der Waals surface area contributed by atoms with E-state index in [1.54, 1.807) is 0 Å². The average Bonchev–Trinajstić information content (AvgIpc) is 2.90. The van der Waals surface area contributed by atoms with Crippen LogP contribution in [0.15, 0.2) is 85.0 Å². The largest absolute Gasteiger partial charge is 0.0984 e. The molecule has 0 amide bonds. The smallest absolute Gasteiger partial charge is 0.0164 e. The summed E-state index contributed by atoms with van der Waals surface area (Å²) >= 11 is 0. The maximum atomic E-state index is 4.16. The summed E-state index contributed by atoms with van der Waals surface area (Å²) < 4.78 is 0. The van der Waals surface area contributed by atoms with Gasteiger partial charge >= 0.3 is 0 Å². The molecule has 0 saturated heterocycles. The molecule has 27 heavy (non-hydrogen) atoms. The van der Waals surface area contributed by atoms with Gasteiger partial charge in [0.15, 0.2) is 0 Å². The lowest BCUT2D eigenvalue weighted by atomic mass is 9.75. The van der Waals surface area contributed by atoms with Crippen LogP contribution in [0.25, 0.3) is 21.9 Å². The third-order valence-electron chi connectivity index (χ3n) is 5.84. The molecule has 0 nitrogen and oxygen atoms in total. The fraction of sp³-hybridized carbons (Fsp3) is 0.185. The Morgan fingerprint density at radius 3 is 2.41 bits per heavy atom. The number of rotatable bonds is 3. The van der Waals surface area contributed by atoms with Crippen LogP contribution in [-0.2, 0) is 5.41 Å². The zero-order valence-electron chi connectivity index (χ0n) is 16.6. The van der Waals surface area contributed by atoms with E-state index in [4.69, 9.17) is 0 Å². The number of hydrogen-bond donors (Lipinski definition) is 0. The van der Waals surface area contributed by atoms with Crippen LogP contribution in [0.3, 0.4) is 0 Å². The van der Waals surface area contributed by atoms with Crippen LogP contribution in [0.5, 0.6) is 0 Å². The number of allylic oxidation sites excluding steroid dienone is 5. The first kappa shape index (κ1) is 17.5. The van der Waals surface area contributed by atoms with Gasteiger partial charge in [0.25, 0.3) is 0 Å². The van der Waals surface area contributed by atoms with Gasteiger partial charge in [-0.25, -0.2) is 0 Å². The standard InChI is InChI=1S/C27H26/c1-6-20-23-14-10-11-15-25(23)27(4,5)26(20)21(7-2)24-17-18(3)16-19-12-8-9-13-22(19)24/h6-17H,1H2,2-5H3/b21-7-. The van der Waals surface area contributed by atoms with Gasteiger partial charge in [-0.05, 0) is 63.6 Å². The molecule has 3 aromatic rings. The van der Waals surface area contributed by atoms with Gasteiger partial charge in [0.2, 0.25) is 0 Å². The summed E-state index contributed by atoms with van der Waals surface area (Å²) in [6.07, 6.45) is 4.30. The molecule has 0 atom stereocenters. The Balaban J connectivity index is 2.05. The molecular formula is C27H26. The predicted molar refractivity (Wildman–Crippen MR) is 119 cm³/mol. The highest BCUT2D eigenvalue weighted by Crippen LogP contribution is 2.52. The normalized spacial score (nSPS) is 15.9. The third-order valence-corrected chi connectivity index (χ3v) is 5.84. The van der Waals surface area contributed by atoms with Crippen molar-refractivity contribution in [3.8, 4) is 0 Å². The summed E-state index contributed by atoms with van der Waals surface area (Å²) in [5.41, 5.74) is 9.17. The van der Waals surface area contributed by atoms with E-state index in [1.807, 2.05) is 6.08 Å². The molecule has 0 radical (unpaired) electrons. The maximum Gasteiger partial charge on any atom is 0.0164 e. The number of benzene rings is 3. The van der Waals surface area contributed by atoms with Crippen LogP contribution < -0.4 is 0 Å². The highest BCUT2D eigenvalue weighted by Gasteiger charge is 2.38. The van der Waals surface area contributed by atoms with Crippen LogP contribution in [0.1, 0.15) is 43.0 Å². The number of aryl methyl sites for hydroxylation is 1. The predicted octanol–water partition coefficient (Wildman–Crippen LogP) is 7.48. The van der Waals surface area contributed by atoms with E-state index < -0.39 is 0 Å². The topological polar surface area (TPSA) is 0 Å². The number of fused-ring (bicyclic) bond motifs is 2. The summed E-state index contributed by atoms with van der Waals surface area (Å²) in [6, 6.07) is 22.0. The Morgan fingerprint density at radius 2 is 1.67 bits per heavy atom. The first-order valence-corrected chi connectivity index (χ1v) is 9.62. The average molecular weight is 351 g/mol. The molecule has 0 aromatic heterocycles. The second-order valence-electron chi connectivity index (χ2n) is 7.90. The third kappa shape index (κ3) is 2.59. The summed E-state index contributed by atoms with van der Waals surface area (Å²) in [5, 5.41) is 2.60. The van der Waals surface area contributed by atoms with Crippen molar-refractivity contribution in [1.82, 2.24) is 0 Å². The van der Waals surface area contributed by atoms with Gasteiger partial charge in [0, 0.05) is 5.41 Å². The molecule has 0 bridgehead atoms. The Hall–Kier alpha value is -2.86. The van der Waals surface area contributed by atoms with E-state index >= 15 is 0 Å². The zero-order chi connectivity index (χ0) is 19.2. The van der Waals surface area contributed by atoms with Crippen molar-refractivity contribution >= 4 is 21.9 Å². The lowest BCUT2D eigenvalue weighted by Gasteiger charge is -2.28. The van der Waals surface area contributed by atoms with Gasteiger partial charge in [0.05, 0.1) is 0 Å². The first-order chi connectivity index (χ1) is 13.0. The molecule has 4 rings (SSSR count). The Labute approximate surface area is 162 Å². The van der Waals surface area contributed by atoms with Crippen molar-refractivity contribution in [2.45, 2.75) is 33.1 Å². The lowest BCUT2D eigenvalue weighted by Crippen LogP contribution is -2.18. The van der Waals surface area contributed by atoms with E-state index in [2.05, 4.69) is 101 Å². The van der Waals surface area contributed by atoms with Crippen molar-refractivity contribution in [1.29, 1.82) is 0 Å². The molecule has 0 fully saturated rings. The van der Waals surface area contributed by atoms with E-state index in [0.29, 0.717) is 0 Å². The minimum absolute atomic E-state index is 0.0627. The zero-order valence-corrected chi connectivity index (χ0v) is 16.6. The molecule has 1 aliphatic rings. The van der Waals surface area contributed by atoms with Gasteiger partial charge in [-0.1, -0.05) is 93.2 Å². The molecule has 0 N–H and O–H groups in total. The lowest BCUT2D eigenvalue weighted by molar-refractivity contribution is 0.658.